The van der Waals surface area contributed by atoms with Crippen LogP contribution in [0.15, 0.2) is 30.3 Å². The molecule has 1 aliphatic heterocycles. The summed E-state index contributed by atoms with van der Waals surface area (Å²) in [7, 11) is -0.483. The first kappa shape index (κ1) is 6.28. The van der Waals surface area contributed by atoms with Gasteiger partial charge in [0.15, 0.2) is 0 Å². The highest BCUT2D eigenvalue weighted by atomic mass is 16.8. The zero-order valence-electron chi connectivity index (χ0n) is 5.69. The van der Waals surface area contributed by atoms with Crippen molar-refractivity contribution in [1.29, 1.82) is 0 Å². The SMILES string of the molecule is O=C1OB(c2ccccc2)O1. The van der Waals surface area contributed by atoms with Gasteiger partial charge in [0, 0.05) is 5.46 Å². The van der Waals surface area contributed by atoms with Crippen LogP contribution < -0.4 is 5.46 Å². The van der Waals surface area contributed by atoms with Gasteiger partial charge in [-0.05, 0) is 0 Å². The van der Waals surface area contributed by atoms with Crippen LogP contribution in [0.4, 0.5) is 4.79 Å². The molecule has 1 saturated heterocycles. The summed E-state index contributed by atoms with van der Waals surface area (Å²) in [5.74, 6) is 0. The third-order valence-electron chi connectivity index (χ3n) is 1.48. The van der Waals surface area contributed by atoms with Gasteiger partial charge in [0.2, 0.25) is 0 Å². The first-order valence-corrected chi connectivity index (χ1v) is 3.28. The highest BCUT2D eigenvalue weighted by Crippen LogP contribution is 2.05. The second-order valence-electron chi connectivity index (χ2n) is 2.23. The molecule has 0 N–H and O–H groups in total. The van der Waals surface area contributed by atoms with Crippen LogP contribution in [0.5, 0.6) is 0 Å². The minimum absolute atomic E-state index is 0.483. The van der Waals surface area contributed by atoms with Crippen molar-refractivity contribution in [2.45, 2.75) is 0 Å². The summed E-state index contributed by atoms with van der Waals surface area (Å²) in [4.78, 5) is 10.2. The fraction of sp³-hybridized carbons (Fsp3) is 0. The third kappa shape index (κ3) is 1.07. The summed E-state index contributed by atoms with van der Waals surface area (Å²) in [6.45, 7) is 0. The van der Waals surface area contributed by atoms with Crippen molar-refractivity contribution in [3.05, 3.63) is 30.3 Å². The van der Waals surface area contributed by atoms with Crippen molar-refractivity contribution in [2.75, 3.05) is 0 Å². The molecule has 0 bridgehead atoms. The topological polar surface area (TPSA) is 35.5 Å². The number of benzene rings is 1. The largest absolute Gasteiger partial charge is 0.641 e. The van der Waals surface area contributed by atoms with E-state index < -0.39 is 13.3 Å². The molecule has 3 nitrogen and oxygen atoms in total. The lowest BCUT2D eigenvalue weighted by atomic mass is 9.77. The second kappa shape index (κ2) is 2.30. The van der Waals surface area contributed by atoms with Gasteiger partial charge in [-0.15, -0.1) is 0 Å². The van der Waals surface area contributed by atoms with Crippen LogP contribution in [0.3, 0.4) is 0 Å². The van der Waals surface area contributed by atoms with Crippen molar-refractivity contribution in [2.24, 2.45) is 0 Å². The van der Waals surface area contributed by atoms with E-state index in [2.05, 4.69) is 9.31 Å². The monoisotopic (exact) mass is 148 g/mol. The first-order valence-electron chi connectivity index (χ1n) is 3.28. The molecule has 0 amide bonds. The molecule has 1 aliphatic rings. The second-order valence-corrected chi connectivity index (χ2v) is 2.23. The van der Waals surface area contributed by atoms with Crippen LogP contribution in [0, 0.1) is 0 Å². The molecule has 54 valence electrons. The minimum atomic E-state index is -0.598. The average molecular weight is 148 g/mol. The molecule has 0 aromatic heterocycles. The summed E-state index contributed by atoms with van der Waals surface area (Å²) in [5.41, 5.74) is 0.868. The average Bonchev–Trinajstić information content (AvgIpc) is 2.01. The molecular weight excluding hydrogens is 143 g/mol. The maximum atomic E-state index is 10.2. The smallest absolute Gasteiger partial charge is 0.464 e. The van der Waals surface area contributed by atoms with Gasteiger partial charge in [0.1, 0.15) is 0 Å². The molecule has 0 spiro atoms. The van der Waals surface area contributed by atoms with E-state index in [1.165, 1.54) is 0 Å². The van der Waals surface area contributed by atoms with Crippen molar-refractivity contribution in [3.63, 3.8) is 0 Å². The molecule has 11 heavy (non-hydrogen) atoms. The molecule has 1 aromatic carbocycles. The van der Waals surface area contributed by atoms with E-state index in [0.29, 0.717) is 0 Å². The molecule has 0 radical (unpaired) electrons. The molecule has 1 aromatic rings. The fourth-order valence-corrected chi connectivity index (χ4v) is 0.930. The van der Waals surface area contributed by atoms with Gasteiger partial charge in [-0.2, -0.15) is 0 Å². The molecule has 0 unspecified atom stereocenters. The summed E-state index contributed by atoms with van der Waals surface area (Å²) in [6, 6.07) is 9.31. The van der Waals surface area contributed by atoms with Gasteiger partial charge in [0.25, 0.3) is 0 Å². The predicted molar refractivity (Wildman–Crippen MR) is 39.4 cm³/mol. The Kier molecular flexibility index (Phi) is 1.32. The first-order chi connectivity index (χ1) is 5.36. The molecule has 0 saturated carbocycles. The third-order valence-corrected chi connectivity index (χ3v) is 1.48. The molecule has 1 fully saturated rings. The van der Waals surface area contributed by atoms with Crippen molar-refractivity contribution < 1.29 is 14.1 Å². The Morgan fingerprint density at radius 3 is 2.27 bits per heavy atom. The lowest BCUT2D eigenvalue weighted by molar-refractivity contribution is 0.0945. The lowest BCUT2D eigenvalue weighted by Gasteiger charge is -2.21. The van der Waals surface area contributed by atoms with Gasteiger partial charge in [0.05, 0.1) is 0 Å². The zero-order chi connectivity index (χ0) is 7.68. The van der Waals surface area contributed by atoms with Crippen LogP contribution in [0.2, 0.25) is 0 Å². The van der Waals surface area contributed by atoms with Gasteiger partial charge in [-0.3, -0.25) is 0 Å². The maximum absolute atomic E-state index is 10.2. The molecular formula is C7H5BO3. The molecule has 0 aliphatic carbocycles. The van der Waals surface area contributed by atoms with Gasteiger partial charge in [-0.1, -0.05) is 30.3 Å². The summed E-state index contributed by atoms with van der Waals surface area (Å²) in [5, 5.41) is 0. The molecule has 0 atom stereocenters. The minimum Gasteiger partial charge on any atom is -0.464 e. The highest BCUT2D eigenvalue weighted by Gasteiger charge is 2.40. The Bertz CT molecular complexity index is 264. The number of hydrogen-bond acceptors (Lipinski definition) is 3. The van der Waals surface area contributed by atoms with E-state index >= 15 is 0 Å². The number of rotatable bonds is 1. The summed E-state index contributed by atoms with van der Waals surface area (Å²) < 4.78 is 9.33. The maximum Gasteiger partial charge on any atom is 0.641 e. The fourth-order valence-electron chi connectivity index (χ4n) is 0.930. The Morgan fingerprint density at radius 1 is 1.09 bits per heavy atom. The van der Waals surface area contributed by atoms with E-state index in [-0.39, 0.29) is 0 Å². The van der Waals surface area contributed by atoms with Gasteiger partial charge in [-0.25, -0.2) is 4.79 Å². The zero-order valence-corrected chi connectivity index (χ0v) is 5.69. The lowest BCUT2D eigenvalue weighted by Crippen LogP contribution is -2.49. The van der Waals surface area contributed by atoms with Crippen LogP contribution >= 0.6 is 0 Å². The van der Waals surface area contributed by atoms with E-state index in [1.54, 1.807) is 0 Å². The van der Waals surface area contributed by atoms with E-state index in [9.17, 15) is 4.79 Å². The molecule has 1 heterocycles. The number of carbonyl (C=O) groups is 1. The van der Waals surface area contributed by atoms with Gasteiger partial charge < -0.3 is 9.31 Å². The summed E-state index contributed by atoms with van der Waals surface area (Å²) in [6.07, 6.45) is -0.598. The van der Waals surface area contributed by atoms with E-state index in [4.69, 9.17) is 0 Å². The normalized spacial score (nSPS) is 14.9. The van der Waals surface area contributed by atoms with Crippen molar-refractivity contribution in [3.8, 4) is 0 Å². The van der Waals surface area contributed by atoms with E-state index in [0.717, 1.165) is 5.46 Å². The van der Waals surface area contributed by atoms with Gasteiger partial charge >= 0.3 is 13.3 Å². The summed E-state index contributed by atoms with van der Waals surface area (Å²) >= 11 is 0. The Balaban J connectivity index is 2.13. The van der Waals surface area contributed by atoms with Crippen LogP contribution in [0.25, 0.3) is 0 Å². The Labute approximate surface area is 64.1 Å². The van der Waals surface area contributed by atoms with Crippen LogP contribution in [-0.2, 0) is 9.31 Å². The number of hydrogen-bond donors (Lipinski definition) is 0. The molecule has 4 heteroatoms. The highest BCUT2D eigenvalue weighted by molar-refractivity contribution is 6.67. The number of carbonyl (C=O) groups excluding carboxylic acids is 1. The van der Waals surface area contributed by atoms with Crippen molar-refractivity contribution in [1.82, 2.24) is 0 Å². The quantitative estimate of drug-likeness (QED) is 0.545. The van der Waals surface area contributed by atoms with Crippen molar-refractivity contribution >= 4 is 18.7 Å². The Morgan fingerprint density at radius 2 is 1.73 bits per heavy atom. The molecule has 2 rings (SSSR count). The predicted octanol–water partition coefficient (Wildman–Crippen LogP) is 0.549. The van der Waals surface area contributed by atoms with Crippen LogP contribution in [0.1, 0.15) is 0 Å². The Hall–Kier alpha value is -1.45. The van der Waals surface area contributed by atoms with Crippen LogP contribution in [-0.4, -0.2) is 13.3 Å². The van der Waals surface area contributed by atoms with E-state index in [1.807, 2.05) is 30.3 Å². The standard InChI is InChI=1S/C7H5BO3/c9-7-10-8(11-7)6-4-2-1-3-5-6/h1-5H.